The zero-order valence-corrected chi connectivity index (χ0v) is 11.0. The van der Waals surface area contributed by atoms with Crippen LogP contribution in [-0.2, 0) is 0 Å². The minimum atomic E-state index is -0.585. The summed E-state index contributed by atoms with van der Waals surface area (Å²) in [5.74, 6) is -1.18. The number of benzene rings is 1. The smallest absolute Gasteiger partial charge is 0.255 e. The average molecular weight is 269 g/mol. The Labute approximate surface area is 112 Å². The number of hydrogen-bond acceptors (Lipinski definition) is 3. The molecule has 3 N–H and O–H groups in total. The van der Waals surface area contributed by atoms with Gasteiger partial charge in [-0.25, -0.2) is 4.39 Å². The lowest BCUT2D eigenvalue weighted by molar-refractivity contribution is 0.0940. The molecule has 4 nitrogen and oxygen atoms in total. The first-order valence-electron chi connectivity index (χ1n) is 6.46. The molecule has 19 heavy (non-hydrogen) atoms. The molecule has 0 fully saturated rings. The largest absolute Gasteiger partial charge is 0.507 e. The molecule has 106 valence electrons. The molecule has 1 atom stereocenters. The molecule has 1 amide bonds. The van der Waals surface area contributed by atoms with Crippen molar-refractivity contribution in [1.82, 2.24) is 5.32 Å². The van der Waals surface area contributed by atoms with Crippen molar-refractivity contribution in [2.75, 3.05) is 13.2 Å². The Kier molecular flexibility index (Phi) is 6.29. The zero-order valence-electron chi connectivity index (χ0n) is 11.0. The number of rotatable bonds is 7. The van der Waals surface area contributed by atoms with Crippen LogP contribution in [0.1, 0.15) is 36.5 Å². The maximum atomic E-state index is 12.8. The number of nitrogens with one attached hydrogen (secondary N) is 1. The van der Waals surface area contributed by atoms with Crippen molar-refractivity contribution >= 4 is 5.91 Å². The summed E-state index contributed by atoms with van der Waals surface area (Å²) in [6.45, 7) is 2.56. The first-order valence-corrected chi connectivity index (χ1v) is 6.46. The van der Waals surface area contributed by atoms with Crippen LogP contribution in [0.3, 0.4) is 0 Å². The Morgan fingerprint density at radius 3 is 2.74 bits per heavy atom. The summed E-state index contributed by atoms with van der Waals surface area (Å²) in [4.78, 5) is 11.8. The van der Waals surface area contributed by atoms with Gasteiger partial charge in [-0.1, -0.05) is 13.3 Å². The fourth-order valence-corrected chi connectivity index (χ4v) is 1.97. The monoisotopic (exact) mass is 269 g/mol. The molecule has 0 radical (unpaired) electrons. The van der Waals surface area contributed by atoms with Crippen LogP contribution in [0.4, 0.5) is 4.39 Å². The van der Waals surface area contributed by atoms with Gasteiger partial charge in [0.2, 0.25) is 0 Å². The molecule has 0 saturated carbocycles. The van der Waals surface area contributed by atoms with Crippen molar-refractivity contribution in [3.63, 3.8) is 0 Å². The maximum Gasteiger partial charge on any atom is 0.255 e. The van der Waals surface area contributed by atoms with Crippen molar-refractivity contribution in [2.24, 2.45) is 5.92 Å². The number of aliphatic hydroxyl groups is 1. The van der Waals surface area contributed by atoms with E-state index in [0.717, 1.165) is 25.0 Å². The molecule has 0 aromatic heterocycles. The number of hydrogen-bond donors (Lipinski definition) is 3. The number of halogens is 1. The van der Waals surface area contributed by atoms with Crippen LogP contribution in [-0.4, -0.2) is 29.3 Å². The van der Waals surface area contributed by atoms with Crippen molar-refractivity contribution in [1.29, 1.82) is 0 Å². The summed E-state index contributed by atoms with van der Waals surface area (Å²) < 4.78 is 12.8. The molecule has 1 aromatic carbocycles. The molecule has 1 rings (SSSR count). The molecule has 0 spiro atoms. The zero-order chi connectivity index (χ0) is 14.3. The van der Waals surface area contributed by atoms with E-state index in [1.807, 2.05) is 6.92 Å². The SMILES string of the molecule is CCCC(CCO)CNC(=O)c1ccc(F)cc1O. The van der Waals surface area contributed by atoms with Gasteiger partial charge in [0.1, 0.15) is 11.6 Å². The van der Waals surface area contributed by atoms with Gasteiger partial charge in [-0.05, 0) is 30.9 Å². The summed E-state index contributed by atoms with van der Waals surface area (Å²) >= 11 is 0. The minimum Gasteiger partial charge on any atom is -0.507 e. The Bertz CT molecular complexity index is 417. The van der Waals surface area contributed by atoms with Gasteiger partial charge in [-0.15, -0.1) is 0 Å². The molecule has 0 saturated heterocycles. The number of aromatic hydroxyl groups is 1. The Morgan fingerprint density at radius 2 is 2.16 bits per heavy atom. The number of amides is 1. The Balaban J connectivity index is 2.58. The molecule has 0 bridgehead atoms. The lowest BCUT2D eigenvalue weighted by Gasteiger charge is -2.15. The predicted octanol–water partition coefficient (Wildman–Crippen LogP) is 2.06. The van der Waals surface area contributed by atoms with E-state index in [9.17, 15) is 14.3 Å². The molecule has 1 aromatic rings. The topological polar surface area (TPSA) is 69.6 Å². The van der Waals surface area contributed by atoms with Crippen molar-refractivity contribution in [2.45, 2.75) is 26.2 Å². The highest BCUT2D eigenvalue weighted by molar-refractivity contribution is 5.96. The van der Waals surface area contributed by atoms with Crippen LogP contribution in [0, 0.1) is 11.7 Å². The first kappa shape index (κ1) is 15.4. The quantitative estimate of drug-likeness (QED) is 0.709. The highest BCUT2D eigenvalue weighted by atomic mass is 19.1. The fourth-order valence-electron chi connectivity index (χ4n) is 1.97. The normalized spacial score (nSPS) is 12.2. The van der Waals surface area contributed by atoms with Gasteiger partial charge >= 0.3 is 0 Å². The van der Waals surface area contributed by atoms with Gasteiger partial charge in [0.25, 0.3) is 5.91 Å². The molecule has 0 aliphatic rings. The van der Waals surface area contributed by atoms with Gasteiger partial charge in [0, 0.05) is 19.2 Å². The second-order valence-corrected chi connectivity index (χ2v) is 4.54. The van der Waals surface area contributed by atoms with E-state index < -0.39 is 11.7 Å². The third kappa shape index (κ3) is 4.87. The van der Waals surface area contributed by atoms with E-state index in [2.05, 4.69) is 5.32 Å². The number of aliphatic hydroxyl groups excluding tert-OH is 1. The van der Waals surface area contributed by atoms with Gasteiger partial charge in [0.15, 0.2) is 0 Å². The van der Waals surface area contributed by atoms with Crippen LogP contribution in [0.25, 0.3) is 0 Å². The molecule has 0 aliphatic carbocycles. The highest BCUT2D eigenvalue weighted by Gasteiger charge is 2.14. The van der Waals surface area contributed by atoms with Gasteiger partial charge < -0.3 is 15.5 Å². The van der Waals surface area contributed by atoms with Crippen LogP contribution in [0.15, 0.2) is 18.2 Å². The van der Waals surface area contributed by atoms with Gasteiger partial charge in [-0.2, -0.15) is 0 Å². The lowest BCUT2D eigenvalue weighted by Crippen LogP contribution is -2.29. The molecular weight excluding hydrogens is 249 g/mol. The predicted molar refractivity (Wildman–Crippen MR) is 70.5 cm³/mol. The van der Waals surface area contributed by atoms with Crippen LogP contribution >= 0.6 is 0 Å². The van der Waals surface area contributed by atoms with Gasteiger partial charge in [-0.3, -0.25) is 4.79 Å². The van der Waals surface area contributed by atoms with Crippen molar-refractivity contribution in [3.8, 4) is 5.75 Å². The minimum absolute atomic E-state index is 0.0562. The van der Waals surface area contributed by atoms with E-state index in [1.165, 1.54) is 6.07 Å². The van der Waals surface area contributed by atoms with E-state index in [1.54, 1.807) is 0 Å². The molecule has 5 heteroatoms. The van der Waals surface area contributed by atoms with Crippen LogP contribution < -0.4 is 5.32 Å². The molecule has 0 heterocycles. The summed E-state index contributed by atoms with van der Waals surface area (Å²) in [5, 5.41) is 21.1. The summed E-state index contributed by atoms with van der Waals surface area (Å²) in [6, 6.07) is 3.29. The lowest BCUT2D eigenvalue weighted by atomic mass is 10.00. The second kappa shape index (κ2) is 7.74. The van der Waals surface area contributed by atoms with Gasteiger partial charge in [0.05, 0.1) is 5.56 Å². The number of carbonyl (C=O) groups excluding carboxylic acids is 1. The second-order valence-electron chi connectivity index (χ2n) is 4.54. The summed E-state index contributed by atoms with van der Waals surface area (Å²) in [7, 11) is 0. The van der Waals surface area contributed by atoms with E-state index in [4.69, 9.17) is 5.11 Å². The third-order valence-corrected chi connectivity index (χ3v) is 2.99. The average Bonchev–Trinajstić information content (AvgIpc) is 2.36. The molecule has 0 aliphatic heterocycles. The number of carbonyl (C=O) groups is 1. The van der Waals surface area contributed by atoms with E-state index in [-0.39, 0.29) is 23.8 Å². The highest BCUT2D eigenvalue weighted by Crippen LogP contribution is 2.18. The van der Waals surface area contributed by atoms with Crippen LogP contribution in [0.5, 0.6) is 5.75 Å². The molecule has 1 unspecified atom stereocenters. The van der Waals surface area contributed by atoms with Crippen LogP contribution in [0.2, 0.25) is 0 Å². The fraction of sp³-hybridized carbons (Fsp3) is 0.500. The first-order chi connectivity index (χ1) is 9.08. The summed E-state index contributed by atoms with van der Waals surface area (Å²) in [6.07, 6.45) is 2.52. The Morgan fingerprint density at radius 1 is 1.42 bits per heavy atom. The third-order valence-electron chi connectivity index (χ3n) is 2.99. The van der Waals surface area contributed by atoms with E-state index >= 15 is 0 Å². The van der Waals surface area contributed by atoms with Crippen molar-refractivity contribution < 1.29 is 19.4 Å². The number of phenols is 1. The van der Waals surface area contributed by atoms with E-state index in [0.29, 0.717) is 13.0 Å². The maximum absolute atomic E-state index is 12.8. The number of phenolic OH excluding ortho intramolecular Hbond substituents is 1. The molecular formula is C14H20FNO3. The summed E-state index contributed by atoms with van der Waals surface area (Å²) in [5.41, 5.74) is 0.0562. The standard InChI is InChI=1S/C14H20FNO3/c1-2-3-10(6-7-17)9-16-14(19)12-5-4-11(15)8-13(12)18/h4-5,8,10,17-18H,2-3,6-7,9H2,1H3,(H,16,19). The van der Waals surface area contributed by atoms with Crippen molar-refractivity contribution in [3.05, 3.63) is 29.6 Å². The Hall–Kier alpha value is -1.62.